The predicted octanol–water partition coefficient (Wildman–Crippen LogP) is 7.73. The maximum Gasteiger partial charge on any atom is 0.335 e. The van der Waals surface area contributed by atoms with Crippen molar-refractivity contribution in [1.82, 2.24) is 5.32 Å². The van der Waals surface area contributed by atoms with Crippen LogP contribution in [0.1, 0.15) is 58.1 Å². The van der Waals surface area contributed by atoms with Gasteiger partial charge in [0.05, 0.1) is 17.7 Å². The van der Waals surface area contributed by atoms with Crippen molar-refractivity contribution in [1.29, 1.82) is 0 Å². The number of benzene rings is 5. The average molecular weight is 721 g/mol. The molecule has 0 bridgehead atoms. The van der Waals surface area contributed by atoms with Crippen molar-refractivity contribution < 1.29 is 28.8 Å². The number of rotatable bonds is 9. The summed E-state index contributed by atoms with van der Waals surface area (Å²) in [6.45, 7) is 1.92. The average Bonchev–Trinajstić information content (AvgIpc) is 3.19. The number of anilines is 2. The minimum absolute atomic E-state index is 0.0177. The van der Waals surface area contributed by atoms with Gasteiger partial charge < -0.3 is 14.4 Å². The third-order valence-electron chi connectivity index (χ3n) is 10.4. The zero-order valence-corrected chi connectivity index (χ0v) is 29.4. The molecule has 0 aliphatic carbocycles. The van der Waals surface area contributed by atoms with Gasteiger partial charge in [0.1, 0.15) is 12.2 Å². The Morgan fingerprint density at radius 3 is 1.98 bits per heavy atom. The van der Waals surface area contributed by atoms with Crippen LogP contribution in [0.5, 0.6) is 11.5 Å². The molecular formula is C43H36N4O7. The Bertz CT molecular complexity index is 2240. The van der Waals surface area contributed by atoms with Gasteiger partial charge in [-0.2, -0.15) is 0 Å². The van der Waals surface area contributed by atoms with Crippen molar-refractivity contribution in [2.75, 3.05) is 30.0 Å². The van der Waals surface area contributed by atoms with Gasteiger partial charge in [-0.15, -0.1) is 0 Å². The van der Waals surface area contributed by atoms with Crippen molar-refractivity contribution in [3.8, 4) is 11.5 Å². The lowest BCUT2D eigenvalue weighted by atomic mass is 9.76. The molecule has 5 aromatic rings. The maximum atomic E-state index is 14.3. The van der Waals surface area contributed by atoms with E-state index in [1.165, 1.54) is 25.3 Å². The summed E-state index contributed by atoms with van der Waals surface area (Å²) in [6.07, 6.45) is 3.20. The molecule has 270 valence electrons. The van der Waals surface area contributed by atoms with Crippen LogP contribution in [0.4, 0.5) is 21.9 Å². The van der Waals surface area contributed by atoms with Crippen LogP contribution in [0.3, 0.4) is 0 Å². The zero-order valence-electron chi connectivity index (χ0n) is 29.4. The molecule has 3 aliphatic heterocycles. The molecule has 0 saturated carbocycles. The molecule has 3 heterocycles. The molecule has 54 heavy (non-hydrogen) atoms. The van der Waals surface area contributed by atoms with Crippen molar-refractivity contribution in [2.24, 2.45) is 0 Å². The van der Waals surface area contributed by atoms with Gasteiger partial charge in [0, 0.05) is 42.7 Å². The van der Waals surface area contributed by atoms with Crippen LogP contribution in [-0.2, 0) is 16.2 Å². The smallest absolute Gasteiger partial charge is 0.335 e. The molecule has 0 spiro atoms. The van der Waals surface area contributed by atoms with Crippen LogP contribution >= 0.6 is 0 Å². The van der Waals surface area contributed by atoms with Crippen molar-refractivity contribution in [3.63, 3.8) is 0 Å². The number of carbonyl (C=O) groups is 3. The number of nitrogens with zero attached hydrogens (tertiary/aromatic N) is 3. The molecule has 1 saturated heterocycles. The molecule has 0 unspecified atom stereocenters. The number of barbiturate groups is 1. The third kappa shape index (κ3) is 6.44. The van der Waals surface area contributed by atoms with E-state index in [1.54, 1.807) is 30.3 Å². The first kappa shape index (κ1) is 34.3. The number of hydrogen-bond donors (Lipinski definition) is 1. The normalized spacial score (nSPS) is 18.6. The molecule has 11 nitrogen and oxygen atoms in total. The van der Waals surface area contributed by atoms with Crippen LogP contribution in [0.25, 0.3) is 6.08 Å². The number of nitrogens with one attached hydrogen (secondary N) is 1. The fraction of sp³-hybridized carbons (Fsp3) is 0.186. The maximum absolute atomic E-state index is 14.3. The molecule has 0 aromatic heterocycles. The second-order valence-electron chi connectivity index (χ2n) is 13.5. The number of carbonyl (C=O) groups excluding carboxylic acids is 3. The molecule has 8 rings (SSSR count). The van der Waals surface area contributed by atoms with Crippen LogP contribution in [0.2, 0.25) is 0 Å². The molecule has 1 fully saturated rings. The largest absolute Gasteiger partial charge is 0.493 e. The summed E-state index contributed by atoms with van der Waals surface area (Å²) in [5.41, 5.74) is 6.97. The van der Waals surface area contributed by atoms with Crippen molar-refractivity contribution in [2.45, 2.75) is 31.3 Å². The Kier molecular flexibility index (Phi) is 9.12. The second kappa shape index (κ2) is 14.3. The minimum Gasteiger partial charge on any atom is -0.493 e. The highest BCUT2D eigenvalue weighted by molar-refractivity contribution is 6.39. The summed E-state index contributed by atoms with van der Waals surface area (Å²) in [7, 11) is 1.47. The van der Waals surface area contributed by atoms with Gasteiger partial charge in [-0.1, -0.05) is 66.7 Å². The van der Waals surface area contributed by atoms with Crippen LogP contribution < -0.4 is 24.6 Å². The number of nitro benzene ring substituents is 1. The van der Waals surface area contributed by atoms with E-state index in [0.29, 0.717) is 22.7 Å². The van der Waals surface area contributed by atoms with Crippen LogP contribution in [0.15, 0.2) is 121 Å². The fourth-order valence-corrected chi connectivity index (χ4v) is 7.80. The quantitative estimate of drug-likeness (QED) is 0.0709. The molecule has 0 radical (unpaired) electrons. The lowest BCUT2D eigenvalue weighted by Crippen LogP contribution is -2.54. The number of methoxy groups -OCH3 is 1. The Hall–Kier alpha value is -6.75. The van der Waals surface area contributed by atoms with Gasteiger partial charge in [-0.3, -0.25) is 25.0 Å². The first-order chi connectivity index (χ1) is 26.3. The summed E-state index contributed by atoms with van der Waals surface area (Å²) >= 11 is 0. The highest BCUT2D eigenvalue weighted by Gasteiger charge is 2.40. The number of ether oxygens (including phenoxy) is 2. The lowest BCUT2D eigenvalue weighted by Gasteiger charge is -2.44. The van der Waals surface area contributed by atoms with E-state index in [1.807, 2.05) is 48.5 Å². The third-order valence-corrected chi connectivity index (χ3v) is 10.4. The first-order valence-electron chi connectivity index (χ1n) is 17.8. The van der Waals surface area contributed by atoms with E-state index >= 15 is 0 Å². The van der Waals surface area contributed by atoms with Crippen molar-refractivity contribution in [3.05, 3.63) is 164 Å². The van der Waals surface area contributed by atoms with Gasteiger partial charge in [0.25, 0.3) is 17.5 Å². The summed E-state index contributed by atoms with van der Waals surface area (Å²) in [4.78, 5) is 55.2. The lowest BCUT2D eigenvalue weighted by molar-refractivity contribution is -0.384. The van der Waals surface area contributed by atoms with Gasteiger partial charge >= 0.3 is 6.03 Å². The summed E-state index contributed by atoms with van der Waals surface area (Å²) in [5, 5.41) is 13.4. The first-order valence-corrected chi connectivity index (χ1v) is 17.8. The summed E-state index contributed by atoms with van der Waals surface area (Å²) in [5.74, 6) is -0.678. The van der Waals surface area contributed by atoms with E-state index in [-0.39, 0.29) is 29.7 Å². The number of amides is 4. The molecule has 2 atom stereocenters. The number of non-ortho nitro benzene ring substituents is 1. The molecule has 3 aliphatic rings. The van der Waals surface area contributed by atoms with Crippen molar-refractivity contribution >= 4 is 41.0 Å². The van der Waals surface area contributed by atoms with Gasteiger partial charge in [-0.25, -0.2) is 9.69 Å². The van der Waals surface area contributed by atoms with E-state index in [0.717, 1.165) is 64.3 Å². The van der Waals surface area contributed by atoms with E-state index in [9.17, 15) is 24.5 Å². The number of imide groups is 2. The molecule has 4 amide bonds. The monoisotopic (exact) mass is 720 g/mol. The molecular weight excluding hydrogens is 684 g/mol. The molecule has 1 N–H and O–H groups in total. The van der Waals surface area contributed by atoms with E-state index < -0.39 is 22.8 Å². The zero-order chi connectivity index (χ0) is 37.3. The Balaban J connectivity index is 1.14. The Labute approximate surface area is 311 Å². The van der Waals surface area contributed by atoms with Gasteiger partial charge in [0.15, 0.2) is 11.5 Å². The predicted molar refractivity (Wildman–Crippen MR) is 204 cm³/mol. The minimum atomic E-state index is -0.808. The summed E-state index contributed by atoms with van der Waals surface area (Å²) in [6, 6.07) is 34.7. The Morgan fingerprint density at radius 2 is 1.41 bits per heavy atom. The number of hydrogen-bond acceptors (Lipinski definition) is 8. The highest BCUT2D eigenvalue weighted by atomic mass is 16.6. The van der Waals surface area contributed by atoms with Crippen LogP contribution in [-0.4, -0.2) is 43.0 Å². The van der Waals surface area contributed by atoms with E-state index in [2.05, 4.69) is 34.5 Å². The fourth-order valence-electron chi connectivity index (χ4n) is 7.80. The van der Waals surface area contributed by atoms with E-state index in [4.69, 9.17) is 9.47 Å². The van der Waals surface area contributed by atoms with Gasteiger partial charge in [-0.05, 0) is 88.7 Å². The Morgan fingerprint density at radius 1 is 0.796 bits per heavy atom. The SMILES string of the molecule is COc1cc(/C=C2\C(=O)NC(=O)N(c3cc4c5c(c3)[C@H](c3ccccc3)CCN5CC[C@@H]4c3ccccc3)C2=O)ccc1OCc1ccc([N+](=O)[O-])cc1. The number of urea groups is 1. The topological polar surface area (TPSA) is 131 Å². The van der Waals surface area contributed by atoms with Gasteiger partial charge in [0.2, 0.25) is 0 Å². The molecule has 11 heteroatoms. The number of nitro groups is 1. The highest BCUT2D eigenvalue weighted by Crippen LogP contribution is 2.50. The second-order valence-corrected chi connectivity index (χ2v) is 13.5. The summed E-state index contributed by atoms with van der Waals surface area (Å²) < 4.78 is 11.5. The standard InChI is InChI=1S/C43H36N4O7/c1-53-39-23-28(14-17-38(39)54-26-27-12-15-31(16-13-27)47(51)52)22-37-41(48)44-43(50)46(42(37)49)32-24-35-33(29-8-4-2-5-9-29)18-20-45-21-19-34(36(25-32)40(35)45)30-10-6-3-7-11-30/h2-17,22-25,33-34H,18-21,26H2,1H3,(H,44,48,50)/b37-22+/t33-,34+. The van der Waals surface area contributed by atoms with Crippen LogP contribution in [0, 0.1) is 10.1 Å². The molecule has 5 aromatic carbocycles.